The summed E-state index contributed by atoms with van der Waals surface area (Å²) < 4.78 is 1.99. The highest BCUT2D eigenvalue weighted by Crippen LogP contribution is 2.27. The fourth-order valence-electron chi connectivity index (χ4n) is 5.28. The van der Waals surface area contributed by atoms with Crippen LogP contribution in [0.5, 0.6) is 0 Å². The fourth-order valence-corrected chi connectivity index (χ4v) is 5.28. The molecule has 0 aliphatic carbocycles. The van der Waals surface area contributed by atoms with Gasteiger partial charge in [0.2, 0.25) is 11.8 Å². The van der Waals surface area contributed by atoms with Gasteiger partial charge in [0, 0.05) is 43.4 Å². The third kappa shape index (κ3) is 5.39. The lowest BCUT2D eigenvalue weighted by molar-refractivity contribution is -0.135. The van der Waals surface area contributed by atoms with Gasteiger partial charge in [-0.15, -0.1) is 10.2 Å². The Morgan fingerprint density at radius 3 is 2.39 bits per heavy atom. The Morgan fingerprint density at radius 2 is 1.66 bits per heavy atom. The maximum atomic E-state index is 12.9. The van der Waals surface area contributed by atoms with Crippen molar-refractivity contribution in [2.45, 2.75) is 33.1 Å². The highest BCUT2D eigenvalue weighted by molar-refractivity contribution is 5.96. The normalized spacial score (nSPS) is 15.4. The molecule has 8 nitrogen and oxygen atoms in total. The van der Waals surface area contributed by atoms with E-state index in [0.717, 1.165) is 60.4 Å². The Balaban J connectivity index is 1.34. The topological polar surface area (TPSA) is 83.4 Å². The van der Waals surface area contributed by atoms with E-state index in [1.54, 1.807) is 0 Å². The summed E-state index contributed by atoms with van der Waals surface area (Å²) in [6, 6.07) is 21.4. The van der Waals surface area contributed by atoms with Crippen molar-refractivity contribution in [1.82, 2.24) is 19.7 Å². The van der Waals surface area contributed by atoms with Gasteiger partial charge in [0.05, 0.1) is 17.9 Å². The number of anilines is 2. The van der Waals surface area contributed by atoms with Crippen LogP contribution in [0.4, 0.5) is 11.5 Å². The molecule has 1 aliphatic rings. The second kappa shape index (κ2) is 11.5. The van der Waals surface area contributed by atoms with Gasteiger partial charge in [-0.1, -0.05) is 36.4 Å². The molecular weight excluding hydrogens is 476 g/mol. The predicted molar refractivity (Wildman–Crippen MR) is 151 cm³/mol. The van der Waals surface area contributed by atoms with Crippen molar-refractivity contribution in [3.05, 3.63) is 78.5 Å². The molecule has 2 aromatic carbocycles. The summed E-state index contributed by atoms with van der Waals surface area (Å²) in [5, 5.41) is 13.1. The van der Waals surface area contributed by atoms with Crippen molar-refractivity contribution >= 4 is 34.2 Å². The molecule has 1 saturated heterocycles. The molecule has 0 radical (unpaired) electrons. The minimum Gasteiger partial charge on any atom is -0.354 e. The van der Waals surface area contributed by atoms with Crippen LogP contribution in [0.2, 0.25) is 0 Å². The van der Waals surface area contributed by atoms with E-state index in [-0.39, 0.29) is 24.2 Å². The monoisotopic (exact) mass is 510 g/mol. The van der Waals surface area contributed by atoms with Crippen LogP contribution in [0.15, 0.2) is 72.9 Å². The quantitative estimate of drug-likeness (QED) is 0.372. The Labute approximate surface area is 223 Å². The van der Waals surface area contributed by atoms with Gasteiger partial charge in [-0.3, -0.25) is 14.2 Å². The summed E-state index contributed by atoms with van der Waals surface area (Å²) in [5.41, 5.74) is 2.68. The highest BCUT2D eigenvalue weighted by atomic mass is 16.2. The highest BCUT2D eigenvalue weighted by Gasteiger charge is 2.29. The number of para-hydroxylation sites is 2. The first kappa shape index (κ1) is 25.4. The number of hydrogen-bond donors (Lipinski definition) is 1. The van der Waals surface area contributed by atoms with E-state index in [2.05, 4.69) is 20.4 Å². The van der Waals surface area contributed by atoms with Crippen molar-refractivity contribution in [3.63, 3.8) is 0 Å². The number of aromatic nitrogens is 3. The van der Waals surface area contributed by atoms with Gasteiger partial charge in [-0.05, 0) is 62.6 Å². The Hall–Kier alpha value is -4.20. The lowest BCUT2D eigenvalue weighted by atomic mass is 9.96. The smallest absolute Gasteiger partial charge is 0.228 e. The second-order valence-corrected chi connectivity index (χ2v) is 9.68. The SMILES string of the molecule is CCN(CC)C(=O)C1CCCN(c2ccc(-n3cc(CC(=O)Nc4ccccc4)c4ccccc43)nn2)C1. The molecule has 0 spiro atoms. The molecule has 2 aromatic heterocycles. The van der Waals surface area contributed by atoms with E-state index in [1.807, 2.05) is 96.2 Å². The van der Waals surface area contributed by atoms with Crippen molar-refractivity contribution < 1.29 is 9.59 Å². The summed E-state index contributed by atoms with van der Waals surface area (Å²) in [6.07, 6.45) is 4.09. The number of nitrogens with zero attached hydrogens (tertiary/aromatic N) is 5. The number of nitrogens with one attached hydrogen (secondary N) is 1. The number of fused-ring (bicyclic) bond motifs is 1. The zero-order valence-electron chi connectivity index (χ0n) is 22.0. The number of benzene rings is 2. The molecule has 0 saturated carbocycles. The van der Waals surface area contributed by atoms with Crippen LogP contribution in [0, 0.1) is 5.92 Å². The van der Waals surface area contributed by atoms with Crippen LogP contribution < -0.4 is 10.2 Å². The lowest BCUT2D eigenvalue weighted by Gasteiger charge is -2.34. The maximum absolute atomic E-state index is 12.9. The third-order valence-corrected chi connectivity index (χ3v) is 7.26. The predicted octanol–water partition coefficient (Wildman–Crippen LogP) is 4.69. The lowest BCUT2D eigenvalue weighted by Crippen LogP contribution is -2.45. The zero-order chi connectivity index (χ0) is 26.5. The Bertz CT molecular complexity index is 1400. The Kier molecular flexibility index (Phi) is 7.67. The van der Waals surface area contributed by atoms with Crippen molar-refractivity contribution in [3.8, 4) is 5.82 Å². The van der Waals surface area contributed by atoms with Gasteiger partial charge < -0.3 is 15.1 Å². The summed E-state index contributed by atoms with van der Waals surface area (Å²) in [6.45, 7) is 7.05. The van der Waals surface area contributed by atoms with Crippen molar-refractivity contribution in [2.75, 3.05) is 36.4 Å². The van der Waals surface area contributed by atoms with Gasteiger partial charge in [0.1, 0.15) is 0 Å². The molecule has 1 unspecified atom stereocenters. The summed E-state index contributed by atoms with van der Waals surface area (Å²) >= 11 is 0. The van der Waals surface area contributed by atoms with Crippen LogP contribution in [0.1, 0.15) is 32.3 Å². The number of carbonyl (C=O) groups excluding carboxylic acids is 2. The molecule has 1 atom stereocenters. The number of rotatable bonds is 8. The number of amides is 2. The van der Waals surface area contributed by atoms with E-state index < -0.39 is 0 Å². The van der Waals surface area contributed by atoms with E-state index in [9.17, 15) is 9.59 Å². The van der Waals surface area contributed by atoms with E-state index in [4.69, 9.17) is 0 Å². The van der Waals surface area contributed by atoms with Crippen LogP contribution >= 0.6 is 0 Å². The van der Waals surface area contributed by atoms with Gasteiger partial charge in [-0.25, -0.2) is 0 Å². The first-order valence-corrected chi connectivity index (χ1v) is 13.4. The van der Waals surface area contributed by atoms with Crippen LogP contribution in [-0.2, 0) is 16.0 Å². The molecule has 2 amide bonds. The van der Waals surface area contributed by atoms with Gasteiger partial charge in [0.15, 0.2) is 11.6 Å². The molecule has 38 heavy (non-hydrogen) atoms. The molecule has 1 fully saturated rings. The molecule has 196 valence electrons. The standard InChI is InChI=1S/C30H34N6O2/c1-3-34(4-2)30(38)22-11-10-18-35(20-22)27-16-17-28(33-32-27)36-21-23(25-14-8-9-15-26(25)36)19-29(37)31-24-12-6-5-7-13-24/h5-9,12-17,21-22H,3-4,10-11,18-20H2,1-2H3,(H,31,37). The van der Waals surface area contributed by atoms with Crippen LogP contribution in [0.25, 0.3) is 16.7 Å². The molecule has 1 N–H and O–H groups in total. The molecule has 3 heterocycles. The van der Waals surface area contributed by atoms with E-state index in [1.165, 1.54) is 0 Å². The first-order chi connectivity index (χ1) is 18.6. The number of hydrogen-bond acceptors (Lipinski definition) is 5. The average molecular weight is 511 g/mol. The maximum Gasteiger partial charge on any atom is 0.228 e. The zero-order valence-corrected chi connectivity index (χ0v) is 22.0. The molecular formula is C30H34N6O2. The summed E-state index contributed by atoms with van der Waals surface area (Å²) in [7, 11) is 0. The minimum atomic E-state index is -0.0700. The number of piperidine rings is 1. The van der Waals surface area contributed by atoms with Crippen molar-refractivity contribution in [2.24, 2.45) is 5.92 Å². The molecule has 4 aromatic rings. The van der Waals surface area contributed by atoms with E-state index in [0.29, 0.717) is 12.4 Å². The van der Waals surface area contributed by atoms with Gasteiger partial charge in [-0.2, -0.15) is 0 Å². The average Bonchev–Trinajstić information content (AvgIpc) is 3.32. The second-order valence-electron chi connectivity index (χ2n) is 9.68. The largest absolute Gasteiger partial charge is 0.354 e. The van der Waals surface area contributed by atoms with Crippen LogP contribution in [0.3, 0.4) is 0 Å². The van der Waals surface area contributed by atoms with E-state index >= 15 is 0 Å². The minimum absolute atomic E-state index is 0.0110. The van der Waals surface area contributed by atoms with Crippen molar-refractivity contribution in [1.29, 1.82) is 0 Å². The first-order valence-electron chi connectivity index (χ1n) is 13.4. The van der Waals surface area contributed by atoms with Gasteiger partial charge in [0.25, 0.3) is 0 Å². The third-order valence-electron chi connectivity index (χ3n) is 7.26. The summed E-state index contributed by atoms with van der Waals surface area (Å²) in [5.74, 6) is 1.62. The Morgan fingerprint density at radius 1 is 0.947 bits per heavy atom. The molecule has 5 rings (SSSR count). The van der Waals surface area contributed by atoms with Crippen LogP contribution in [-0.4, -0.2) is 57.7 Å². The number of carbonyl (C=O) groups is 2. The molecule has 0 bridgehead atoms. The van der Waals surface area contributed by atoms with Gasteiger partial charge >= 0.3 is 0 Å². The summed E-state index contributed by atoms with van der Waals surface area (Å²) in [4.78, 5) is 29.8. The fraction of sp³-hybridized carbons (Fsp3) is 0.333. The molecule has 8 heteroatoms. The molecule has 1 aliphatic heterocycles.